The number of ketones is 1. The highest BCUT2D eigenvalue weighted by Gasteiger charge is 2.37. The topological polar surface area (TPSA) is 175 Å². The number of hydrogen-bond donors (Lipinski definition) is 4. The molecule has 12 heteroatoms. The SMILES string of the molecule is CC(C)CC(NC(=O)CNC(=O)C(=O)[C@@H]1CCCN1C(=O)CNC(=O)c1ccnc2ccccc12)C(=O)O. The van der Waals surface area contributed by atoms with E-state index in [1.165, 1.54) is 11.1 Å². The van der Waals surface area contributed by atoms with Crippen LogP contribution in [0.2, 0.25) is 0 Å². The van der Waals surface area contributed by atoms with Crippen molar-refractivity contribution in [2.75, 3.05) is 19.6 Å². The van der Waals surface area contributed by atoms with Gasteiger partial charge in [-0.05, 0) is 37.3 Å². The Morgan fingerprint density at radius 2 is 1.79 bits per heavy atom. The Morgan fingerprint density at radius 3 is 2.50 bits per heavy atom. The van der Waals surface area contributed by atoms with Gasteiger partial charge in [-0.3, -0.25) is 29.0 Å². The van der Waals surface area contributed by atoms with E-state index in [2.05, 4.69) is 20.9 Å². The van der Waals surface area contributed by atoms with Crippen molar-refractivity contribution >= 4 is 46.3 Å². The molecule has 0 spiro atoms. The number of pyridine rings is 1. The first-order valence-corrected chi connectivity index (χ1v) is 12.3. The molecule has 1 fully saturated rings. The summed E-state index contributed by atoms with van der Waals surface area (Å²) >= 11 is 0. The molecular weight excluding hydrogens is 494 g/mol. The van der Waals surface area contributed by atoms with Crippen LogP contribution in [0.25, 0.3) is 10.9 Å². The van der Waals surface area contributed by atoms with Crippen molar-refractivity contribution in [1.29, 1.82) is 0 Å². The maximum Gasteiger partial charge on any atom is 0.326 e. The molecule has 38 heavy (non-hydrogen) atoms. The number of nitrogens with one attached hydrogen (secondary N) is 3. The molecule has 0 saturated carbocycles. The Hall–Kier alpha value is -4.35. The number of fused-ring (bicyclic) bond motifs is 1. The molecule has 1 aromatic heterocycles. The number of carbonyl (C=O) groups is 6. The molecule has 0 bridgehead atoms. The summed E-state index contributed by atoms with van der Waals surface area (Å²) in [6, 6.07) is 6.51. The van der Waals surface area contributed by atoms with Crippen LogP contribution < -0.4 is 16.0 Å². The van der Waals surface area contributed by atoms with Gasteiger partial charge in [0.25, 0.3) is 11.8 Å². The van der Waals surface area contributed by atoms with E-state index in [9.17, 15) is 33.9 Å². The van der Waals surface area contributed by atoms with Crippen LogP contribution in [0.3, 0.4) is 0 Å². The second kappa shape index (κ2) is 12.7. The number of carbonyl (C=O) groups excluding carboxylic acids is 5. The molecule has 4 amide bonds. The molecule has 2 aromatic rings. The Bertz CT molecular complexity index is 1240. The van der Waals surface area contributed by atoms with Gasteiger partial charge in [-0.15, -0.1) is 0 Å². The number of para-hydroxylation sites is 1. The van der Waals surface area contributed by atoms with Gasteiger partial charge >= 0.3 is 5.97 Å². The van der Waals surface area contributed by atoms with Crippen LogP contribution >= 0.6 is 0 Å². The minimum absolute atomic E-state index is 0.0206. The first-order valence-electron chi connectivity index (χ1n) is 12.3. The summed E-state index contributed by atoms with van der Waals surface area (Å²) in [6.07, 6.45) is 2.47. The lowest BCUT2D eigenvalue weighted by Gasteiger charge is -2.23. The summed E-state index contributed by atoms with van der Waals surface area (Å²) in [4.78, 5) is 79.5. The molecule has 1 aromatic carbocycles. The average Bonchev–Trinajstić information content (AvgIpc) is 3.38. The molecule has 202 valence electrons. The molecular formula is C26H31N5O7. The second-order valence-electron chi connectivity index (χ2n) is 9.44. The molecule has 3 rings (SSSR count). The summed E-state index contributed by atoms with van der Waals surface area (Å²) in [5.74, 6) is -4.84. The van der Waals surface area contributed by atoms with Crippen molar-refractivity contribution in [3.8, 4) is 0 Å². The van der Waals surface area contributed by atoms with E-state index in [-0.39, 0.29) is 31.8 Å². The number of carboxylic acids is 1. The summed E-state index contributed by atoms with van der Waals surface area (Å²) in [6.45, 7) is 2.92. The van der Waals surface area contributed by atoms with E-state index in [4.69, 9.17) is 0 Å². The van der Waals surface area contributed by atoms with Crippen molar-refractivity contribution < 1.29 is 33.9 Å². The molecule has 12 nitrogen and oxygen atoms in total. The number of likely N-dealkylation sites (tertiary alicyclic amines) is 1. The third-order valence-corrected chi connectivity index (χ3v) is 6.14. The fourth-order valence-corrected chi connectivity index (χ4v) is 4.32. The molecule has 0 aliphatic carbocycles. The van der Waals surface area contributed by atoms with Gasteiger partial charge in [0.15, 0.2) is 0 Å². The monoisotopic (exact) mass is 525 g/mol. The quantitative estimate of drug-likeness (QED) is 0.302. The number of aromatic nitrogens is 1. The van der Waals surface area contributed by atoms with Crippen molar-refractivity contribution in [2.45, 2.75) is 45.2 Å². The first kappa shape index (κ1) is 28.2. The minimum Gasteiger partial charge on any atom is -0.480 e. The van der Waals surface area contributed by atoms with E-state index in [0.29, 0.717) is 22.9 Å². The summed E-state index contributed by atoms with van der Waals surface area (Å²) < 4.78 is 0. The van der Waals surface area contributed by atoms with E-state index in [1.54, 1.807) is 30.3 Å². The number of nitrogens with zero attached hydrogens (tertiary/aromatic N) is 2. The summed E-state index contributed by atoms with van der Waals surface area (Å²) in [5.41, 5.74) is 0.989. The van der Waals surface area contributed by atoms with Crippen molar-refractivity contribution in [3.63, 3.8) is 0 Å². The maximum atomic E-state index is 12.8. The molecule has 2 atom stereocenters. The zero-order valence-corrected chi connectivity index (χ0v) is 21.2. The smallest absolute Gasteiger partial charge is 0.326 e. The standard InChI is InChI=1S/C26H31N5O7/c1-15(2)12-19(26(37)38)30-21(32)13-28-25(36)23(34)20-8-5-11-31(20)22(33)14-29-24(35)17-9-10-27-18-7-4-3-6-16(17)18/h3-4,6-7,9-10,15,19-20H,5,8,11-14H2,1-2H3,(H,28,36)(H,29,35)(H,30,32)(H,37,38)/t19?,20-/m0/s1. The Morgan fingerprint density at radius 1 is 1.05 bits per heavy atom. The predicted molar refractivity (Wildman–Crippen MR) is 136 cm³/mol. The highest BCUT2D eigenvalue weighted by atomic mass is 16.4. The van der Waals surface area contributed by atoms with Gasteiger partial charge in [0.1, 0.15) is 12.1 Å². The van der Waals surface area contributed by atoms with Crippen LogP contribution in [-0.2, 0) is 24.0 Å². The molecule has 0 radical (unpaired) electrons. The van der Waals surface area contributed by atoms with E-state index < -0.39 is 54.0 Å². The van der Waals surface area contributed by atoms with E-state index in [1.807, 2.05) is 13.8 Å². The Balaban J connectivity index is 1.53. The van der Waals surface area contributed by atoms with Crippen LogP contribution in [-0.4, -0.2) is 82.1 Å². The molecule has 4 N–H and O–H groups in total. The van der Waals surface area contributed by atoms with Crippen LogP contribution in [0.1, 0.15) is 43.5 Å². The molecule has 1 aliphatic rings. The molecule has 1 aliphatic heterocycles. The van der Waals surface area contributed by atoms with Crippen LogP contribution in [0.15, 0.2) is 36.5 Å². The summed E-state index contributed by atoms with van der Waals surface area (Å²) in [7, 11) is 0. The molecule has 1 unspecified atom stereocenters. The summed E-state index contributed by atoms with van der Waals surface area (Å²) in [5, 5.41) is 16.9. The lowest BCUT2D eigenvalue weighted by atomic mass is 10.0. The van der Waals surface area contributed by atoms with Gasteiger partial charge in [0.05, 0.1) is 24.2 Å². The number of benzene rings is 1. The number of Topliss-reactive ketones (excluding diaryl/α,β-unsaturated/α-hetero) is 1. The minimum atomic E-state index is -1.20. The van der Waals surface area contributed by atoms with Gasteiger partial charge in [-0.2, -0.15) is 0 Å². The number of carboxylic acid groups (broad SMARTS) is 1. The van der Waals surface area contributed by atoms with Gasteiger partial charge < -0.3 is 26.0 Å². The highest BCUT2D eigenvalue weighted by Crippen LogP contribution is 2.19. The van der Waals surface area contributed by atoms with Crippen molar-refractivity contribution in [3.05, 3.63) is 42.1 Å². The van der Waals surface area contributed by atoms with Gasteiger partial charge in [0.2, 0.25) is 17.6 Å². The highest BCUT2D eigenvalue weighted by molar-refractivity contribution is 6.38. The zero-order chi connectivity index (χ0) is 27.8. The average molecular weight is 526 g/mol. The second-order valence-corrected chi connectivity index (χ2v) is 9.44. The van der Waals surface area contributed by atoms with Gasteiger partial charge in [-0.1, -0.05) is 32.0 Å². The van der Waals surface area contributed by atoms with Gasteiger partial charge in [0, 0.05) is 18.1 Å². The van der Waals surface area contributed by atoms with Crippen molar-refractivity contribution in [2.24, 2.45) is 5.92 Å². The molecule has 2 heterocycles. The number of amides is 4. The third-order valence-electron chi connectivity index (χ3n) is 6.14. The van der Waals surface area contributed by atoms with E-state index in [0.717, 1.165) is 0 Å². The zero-order valence-electron chi connectivity index (χ0n) is 21.2. The largest absolute Gasteiger partial charge is 0.480 e. The lowest BCUT2D eigenvalue weighted by Crippen LogP contribution is -2.51. The Kier molecular flexibility index (Phi) is 9.47. The Labute approximate surface area is 219 Å². The molecule has 1 saturated heterocycles. The number of hydrogen-bond acceptors (Lipinski definition) is 7. The van der Waals surface area contributed by atoms with Gasteiger partial charge in [-0.25, -0.2) is 4.79 Å². The van der Waals surface area contributed by atoms with Crippen molar-refractivity contribution in [1.82, 2.24) is 25.8 Å². The normalized spacial score (nSPS) is 15.7. The fourth-order valence-electron chi connectivity index (χ4n) is 4.32. The van der Waals surface area contributed by atoms with Crippen LogP contribution in [0, 0.1) is 5.92 Å². The number of rotatable bonds is 11. The third kappa shape index (κ3) is 7.11. The lowest BCUT2D eigenvalue weighted by molar-refractivity contribution is -0.144. The maximum absolute atomic E-state index is 12.8. The fraction of sp³-hybridized carbons (Fsp3) is 0.423. The predicted octanol–water partition coefficient (Wildman–Crippen LogP) is 0.256. The number of aliphatic carboxylic acids is 1. The van der Waals surface area contributed by atoms with Crippen LogP contribution in [0.5, 0.6) is 0 Å². The van der Waals surface area contributed by atoms with E-state index >= 15 is 0 Å². The first-order chi connectivity index (χ1) is 18.1. The van der Waals surface area contributed by atoms with Crippen LogP contribution in [0.4, 0.5) is 0 Å².